The average Bonchev–Trinajstić information content (AvgIpc) is 0. The minimum Gasteiger partial charge on any atom is -0.0776 e. The molecule has 0 aliphatic rings. The van der Waals surface area contributed by atoms with Crippen LogP contribution in [0.5, 0.6) is 0 Å². The SMILES string of the molecule is C.C.C.C.C.C.C.C.C.C.C.C.C.C.C.C.C.C.C.C.C.C.C.C. The summed E-state index contributed by atoms with van der Waals surface area (Å²) in [5.74, 6) is 0. The standard InChI is InChI=1S/24CH4/h24*1H4. The third kappa shape index (κ3) is 0. The summed E-state index contributed by atoms with van der Waals surface area (Å²) in [4.78, 5) is 0. The zero-order valence-electron chi connectivity index (χ0n) is 0. The first-order valence-electron chi connectivity index (χ1n) is 0. The van der Waals surface area contributed by atoms with Gasteiger partial charge in [-0.1, -0.05) is 178 Å². The van der Waals surface area contributed by atoms with Gasteiger partial charge < -0.3 is 0 Å². The number of hydrogen-bond acceptors (Lipinski definition) is 0. The van der Waals surface area contributed by atoms with Crippen molar-refractivity contribution < 1.29 is 0 Å². The Hall–Kier alpha value is 0. The highest BCUT2D eigenvalue weighted by Gasteiger charge is -0.0546. The Bertz CT molecular complexity index is 0. The van der Waals surface area contributed by atoms with E-state index in [2.05, 4.69) is 0 Å². The Morgan fingerprint density at radius 3 is 0.0417 bits per heavy atom. The minimum atomic E-state index is 0. The van der Waals surface area contributed by atoms with Crippen LogP contribution < -0.4 is 0 Å². The van der Waals surface area contributed by atoms with E-state index < -0.39 is 0 Å². The summed E-state index contributed by atoms with van der Waals surface area (Å²) in [5.41, 5.74) is 0. The Kier molecular flexibility index (Phi) is 0. The van der Waals surface area contributed by atoms with Crippen molar-refractivity contribution in [2.24, 2.45) is 0 Å². The monoisotopic (exact) mass is 385 g/mol. The lowest BCUT2D eigenvalue weighted by Gasteiger charge is -0.0786. The molecule has 0 radical (unpaired) electrons. The molecule has 0 spiro atoms. The van der Waals surface area contributed by atoms with Crippen molar-refractivity contribution in [3.63, 3.8) is 0 Å². The van der Waals surface area contributed by atoms with Crippen LogP contribution in [0.15, 0.2) is 0 Å². The smallest absolute Gasteiger partial charge is 0.0776 e. The third-order valence-electron chi connectivity index (χ3n) is 0. The van der Waals surface area contributed by atoms with Gasteiger partial charge in [0.15, 0.2) is 0 Å². The average molecular weight is 385 g/mol. The van der Waals surface area contributed by atoms with Crippen LogP contribution in [-0.4, -0.2) is 0 Å². The lowest BCUT2D eigenvalue weighted by molar-refractivity contribution is 2.50. The summed E-state index contributed by atoms with van der Waals surface area (Å²) in [6.07, 6.45) is 0. The second kappa shape index (κ2) is 0. The van der Waals surface area contributed by atoms with Crippen LogP contribution in [0.2, 0.25) is 0 Å². The topological polar surface area (TPSA) is 0 Å². The molecule has 0 saturated carbocycles. The van der Waals surface area contributed by atoms with Crippen LogP contribution in [0.4, 0.5) is 0 Å². The predicted octanol–water partition coefficient (Wildman–Crippen LogP) is 15.3. The summed E-state index contributed by atoms with van der Waals surface area (Å²) < 4.78 is 0. The first kappa shape index (κ1) is 0. The van der Waals surface area contributed by atoms with Gasteiger partial charge in [0.1, 0.15) is 0 Å². The predicted molar refractivity (Wildman–Crippen MR) is 162 cm³/mol. The van der Waals surface area contributed by atoms with Crippen LogP contribution in [0, 0.1) is 0 Å². The lowest BCUT2D eigenvalue weighted by Crippen LogP contribution is 0.143. The normalized spacial score (nSPS) is 0. The molecule has 0 amide bonds. The quantitative estimate of drug-likeness (QED) is 0.389. The fourth-order valence-corrected chi connectivity index (χ4v) is 0. The van der Waals surface area contributed by atoms with E-state index in [-0.39, 0.29) is 178 Å². The van der Waals surface area contributed by atoms with Gasteiger partial charge >= 0.3 is 0 Å². The first-order valence-corrected chi connectivity index (χ1v) is 0. The van der Waals surface area contributed by atoms with Crippen LogP contribution >= 0.6 is 0 Å². The largest absolute Gasteiger partial charge is 0.0776 e. The molecule has 0 aliphatic heterocycles. The van der Waals surface area contributed by atoms with E-state index in [0.29, 0.717) is 0 Å². The zero-order chi connectivity index (χ0) is 0. The van der Waals surface area contributed by atoms with Gasteiger partial charge in [0, 0.05) is 0 Å². The molecule has 0 bridgehead atoms. The maximum absolute atomic E-state index is 0. The van der Waals surface area contributed by atoms with Crippen molar-refractivity contribution in [2.75, 3.05) is 0 Å². The molecule has 0 aromatic heterocycles. The van der Waals surface area contributed by atoms with Crippen LogP contribution in [-0.2, 0) is 0 Å². The van der Waals surface area contributed by atoms with E-state index in [1.807, 2.05) is 0 Å². The lowest BCUT2D eigenvalue weighted by atomic mass is 12.0. The molecular weight excluding hydrogens is 288 g/mol. The highest BCUT2D eigenvalue weighted by molar-refractivity contribution is 2.53. The van der Waals surface area contributed by atoms with Gasteiger partial charge in [0.05, 0.1) is 0 Å². The van der Waals surface area contributed by atoms with Crippen molar-refractivity contribution in [1.29, 1.82) is 0 Å². The fourth-order valence-electron chi connectivity index (χ4n) is 0. The molecule has 0 saturated heterocycles. The van der Waals surface area contributed by atoms with Crippen molar-refractivity contribution in [3.05, 3.63) is 0 Å². The molecule has 0 aliphatic carbocycles. The molecule has 0 unspecified atom stereocenters. The van der Waals surface area contributed by atoms with Gasteiger partial charge in [-0.25, -0.2) is 0 Å². The molecule has 0 aromatic rings. The Morgan fingerprint density at radius 1 is 0.0417 bits per heavy atom. The molecule has 0 heterocycles. The zero-order valence-corrected chi connectivity index (χ0v) is 0. The van der Waals surface area contributed by atoms with E-state index in [4.69, 9.17) is 0 Å². The minimum absolute atomic E-state index is 0. The van der Waals surface area contributed by atoms with E-state index in [0.717, 1.165) is 0 Å². The van der Waals surface area contributed by atoms with Gasteiger partial charge in [0.2, 0.25) is 0 Å². The van der Waals surface area contributed by atoms with Gasteiger partial charge in [-0.15, -0.1) is 0 Å². The van der Waals surface area contributed by atoms with Crippen LogP contribution in [0.3, 0.4) is 0 Å². The fraction of sp³-hybridized carbons (Fsp3) is 1.00. The van der Waals surface area contributed by atoms with Crippen LogP contribution in [0.1, 0.15) is 178 Å². The highest BCUT2D eigenvalue weighted by atomic mass is 12.0. The summed E-state index contributed by atoms with van der Waals surface area (Å²) >= 11 is 0. The highest BCUT2D eigenvalue weighted by Crippen LogP contribution is 0.167. The molecular formula is C24H96. The summed E-state index contributed by atoms with van der Waals surface area (Å²) in [7, 11) is 0. The second-order valence-electron chi connectivity index (χ2n) is 0. The maximum atomic E-state index is 0. The Balaban J connectivity index is 0. The Morgan fingerprint density at radius 2 is 0.0417 bits per heavy atom. The molecule has 0 fully saturated rings. The first-order chi connectivity index (χ1) is 0. The second-order valence-corrected chi connectivity index (χ2v) is 0. The molecule has 0 atom stereocenters. The third-order valence-corrected chi connectivity index (χ3v) is 0. The summed E-state index contributed by atoms with van der Waals surface area (Å²) in [5, 5.41) is 0. The van der Waals surface area contributed by atoms with Crippen LogP contribution in [0.25, 0.3) is 0 Å². The van der Waals surface area contributed by atoms with Gasteiger partial charge in [-0.2, -0.15) is 0 Å². The summed E-state index contributed by atoms with van der Waals surface area (Å²) in [6.45, 7) is 0. The van der Waals surface area contributed by atoms with Gasteiger partial charge in [-0.05, 0) is 0 Å². The van der Waals surface area contributed by atoms with Crippen molar-refractivity contribution in [1.82, 2.24) is 0 Å². The van der Waals surface area contributed by atoms with Crippen molar-refractivity contribution >= 4 is 0 Å². The molecule has 0 nitrogen and oxygen atoms in total. The Labute approximate surface area is 178 Å². The van der Waals surface area contributed by atoms with E-state index in [1.165, 1.54) is 0 Å². The molecule has 24 heavy (non-hydrogen) atoms. The van der Waals surface area contributed by atoms with Crippen molar-refractivity contribution in [3.8, 4) is 0 Å². The van der Waals surface area contributed by atoms with E-state index >= 15 is 0 Å². The van der Waals surface area contributed by atoms with Crippen molar-refractivity contribution in [2.45, 2.75) is 178 Å². The number of rotatable bonds is 0. The van der Waals surface area contributed by atoms with E-state index in [1.54, 1.807) is 0 Å². The maximum Gasteiger partial charge on any atom is -0.0776 e. The molecule has 192 valence electrons. The van der Waals surface area contributed by atoms with Gasteiger partial charge in [-0.3, -0.25) is 0 Å². The van der Waals surface area contributed by atoms with Gasteiger partial charge in [0.25, 0.3) is 0 Å². The molecule has 0 rings (SSSR count). The van der Waals surface area contributed by atoms with E-state index in [9.17, 15) is 0 Å². The molecule has 0 N–H and O–H groups in total. The summed E-state index contributed by atoms with van der Waals surface area (Å²) in [6, 6.07) is 0. The number of hydrogen-bond donors (Lipinski definition) is 0. The molecule has 0 aromatic carbocycles. The molecule has 0 heteroatoms.